The number of aromatic nitrogens is 1. The Morgan fingerprint density at radius 1 is 0.943 bits per heavy atom. The van der Waals surface area contributed by atoms with E-state index in [0.717, 1.165) is 16.7 Å². The molecular formula is C28H27N3O3S. The van der Waals surface area contributed by atoms with Crippen LogP contribution in [0.2, 0.25) is 0 Å². The first-order chi connectivity index (χ1) is 17.0. The molecule has 0 amide bonds. The van der Waals surface area contributed by atoms with Crippen LogP contribution >= 0.6 is 11.3 Å². The van der Waals surface area contributed by atoms with E-state index in [4.69, 9.17) is 4.84 Å². The number of oxime groups is 1. The third kappa shape index (κ3) is 5.41. The molecule has 6 nitrogen and oxygen atoms in total. The number of nitrogens with zero attached hydrogens (tertiary/aromatic N) is 2. The van der Waals surface area contributed by atoms with Crippen molar-refractivity contribution >= 4 is 28.1 Å². The summed E-state index contributed by atoms with van der Waals surface area (Å²) in [5, 5.41) is 19.4. The van der Waals surface area contributed by atoms with Crippen molar-refractivity contribution in [2.45, 2.75) is 19.4 Å². The Kier molecular flexibility index (Phi) is 7.57. The summed E-state index contributed by atoms with van der Waals surface area (Å²) in [5.74, 6) is -0.962. The largest absolute Gasteiger partial charge is 0.476 e. The van der Waals surface area contributed by atoms with Gasteiger partial charge in [-0.25, -0.2) is 9.78 Å². The second-order valence-corrected chi connectivity index (χ2v) is 9.30. The lowest BCUT2D eigenvalue weighted by molar-refractivity contribution is -0.129. The Bertz CT molecular complexity index is 1180. The molecule has 0 fully saturated rings. The summed E-state index contributed by atoms with van der Waals surface area (Å²) < 4.78 is 0. The van der Waals surface area contributed by atoms with E-state index in [-0.39, 0.29) is 17.3 Å². The van der Waals surface area contributed by atoms with Gasteiger partial charge in [-0.05, 0) is 22.6 Å². The van der Waals surface area contributed by atoms with Crippen LogP contribution in [0, 0.1) is 5.92 Å². The third-order valence-electron chi connectivity index (χ3n) is 5.43. The lowest BCUT2D eigenvalue weighted by Crippen LogP contribution is -2.38. The number of carboxylic acids is 1. The molecule has 0 atom stereocenters. The van der Waals surface area contributed by atoms with Gasteiger partial charge in [0, 0.05) is 5.38 Å². The maximum Gasteiger partial charge on any atom is 0.360 e. The zero-order valence-electron chi connectivity index (χ0n) is 19.6. The zero-order chi connectivity index (χ0) is 24.7. The first kappa shape index (κ1) is 24.2. The van der Waals surface area contributed by atoms with Gasteiger partial charge < -0.3 is 15.3 Å². The fourth-order valence-electron chi connectivity index (χ4n) is 3.83. The van der Waals surface area contributed by atoms with Crippen molar-refractivity contribution in [3.63, 3.8) is 0 Å². The highest BCUT2D eigenvalue weighted by Gasteiger charge is 2.37. The van der Waals surface area contributed by atoms with Crippen LogP contribution in [0.5, 0.6) is 0 Å². The Hall–Kier alpha value is -3.97. The van der Waals surface area contributed by atoms with Crippen molar-refractivity contribution in [1.82, 2.24) is 4.98 Å². The third-order valence-corrected chi connectivity index (χ3v) is 6.19. The summed E-state index contributed by atoms with van der Waals surface area (Å²) in [5.41, 5.74) is 2.36. The molecule has 3 aromatic carbocycles. The lowest BCUT2D eigenvalue weighted by atomic mass is 9.77. The van der Waals surface area contributed by atoms with Crippen molar-refractivity contribution in [2.75, 3.05) is 11.9 Å². The lowest BCUT2D eigenvalue weighted by Gasteiger charge is -2.36. The molecule has 178 valence electrons. The molecule has 0 aliphatic carbocycles. The number of anilines is 1. The van der Waals surface area contributed by atoms with Crippen LogP contribution in [0.15, 0.2) is 102 Å². The second-order valence-electron chi connectivity index (χ2n) is 8.45. The SMILES string of the molecule is CC(C)CON=C(C(=O)O)c1csc(NC(c2ccccc2)(c2ccccc2)c2ccccc2)n1. The number of rotatable bonds is 10. The Balaban J connectivity index is 1.81. The molecule has 2 N–H and O–H groups in total. The van der Waals surface area contributed by atoms with Crippen molar-refractivity contribution in [1.29, 1.82) is 0 Å². The van der Waals surface area contributed by atoms with Gasteiger partial charge in [0.05, 0.1) is 0 Å². The van der Waals surface area contributed by atoms with Crippen molar-refractivity contribution < 1.29 is 14.7 Å². The summed E-state index contributed by atoms with van der Waals surface area (Å²) in [6.45, 7) is 4.26. The van der Waals surface area contributed by atoms with Crippen LogP contribution in [-0.2, 0) is 15.2 Å². The average molecular weight is 486 g/mol. The van der Waals surface area contributed by atoms with Crippen LogP contribution in [0.1, 0.15) is 36.2 Å². The van der Waals surface area contributed by atoms with E-state index in [0.29, 0.717) is 11.7 Å². The minimum Gasteiger partial charge on any atom is -0.476 e. The van der Waals surface area contributed by atoms with Gasteiger partial charge in [-0.3, -0.25) is 0 Å². The normalized spacial score (nSPS) is 11.9. The number of carboxylic acid groups (broad SMARTS) is 1. The molecule has 0 saturated carbocycles. The van der Waals surface area contributed by atoms with Crippen LogP contribution in [-0.4, -0.2) is 28.4 Å². The standard InChI is InChI=1S/C28H27N3O3S/c1-20(2)18-34-31-25(26(32)33)24-19-35-27(29-24)30-28(21-12-6-3-7-13-21,22-14-8-4-9-15-22)23-16-10-5-11-17-23/h3-17,19-20H,18H2,1-2H3,(H,29,30)(H,32,33). The van der Waals surface area contributed by atoms with E-state index in [9.17, 15) is 9.90 Å². The summed E-state index contributed by atoms with van der Waals surface area (Å²) in [7, 11) is 0. The summed E-state index contributed by atoms with van der Waals surface area (Å²) in [4.78, 5) is 21.7. The van der Waals surface area contributed by atoms with Crippen LogP contribution in [0.25, 0.3) is 0 Å². The number of hydrogen-bond donors (Lipinski definition) is 2. The van der Waals surface area contributed by atoms with Gasteiger partial charge >= 0.3 is 5.97 Å². The van der Waals surface area contributed by atoms with Crippen LogP contribution < -0.4 is 5.32 Å². The predicted molar refractivity (Wildman–Crippen MR) is 140 cm³/mol. The maximum atomic E-state index is 11.9. The highest BCUT2D eigenvalue weighted by Crippen LogP contribution is 2.40. The van der Waals surface area contributed by atoms with Gasteiger partial charge in [0.1, 0.15) is 17.8 Å². The Morgan fingerprint density at radius 2 is 1.43 bits per heavy atom. The molecule has 0 aliphatic heterocycles. The van der Waals surface area contributed by atoms with Gasteiger partial charge in [-0.15, -0.1) is 11.3 Å². The van der Waals surface area contributed by atoms with E-state index >= 15 is 0 Å². The summed E-state index contributed by atoms with van der Waals surface area (Å²) >= 11 is 1.32. The number of benzene rings is 3. The van der Waals surface area contributed by atoms with Gasteiger partial charge in [0.25, 0.3) is 0 Å². The molecule has 4 rings (SSSR count). The minimum atomic E-state index is -1.19. The molecular weight excluding hydrogens is 458 g/mol. The smallest absolute Gasteiger partial charge is 0.360 e. The molecule has 0 unspecified atom stereocenters. The van der Waals surface area contributed by atoms with Crippen molar-refractivity contribution in [3.05, 3.63) is 119 Å². The Labute approximate surface area is 208 Å². The molecule has 7 heteroatoms. The van der Waals surface area contributed by atoms with E-state index in [1.54, 1.807) is 5.38 Å². The predicted octanol–water partition coefficient (Wildman–Crippen LogP) is 6.01. The Morgan fingerprint density at radius 3 is 1.86 bits per heavy atom. The molecule has 35 heavy (non-hydrogen) atoms. The van der Waals surface area contributed by atoms with Crippen molar-refractivity contribution in [3.8, 4) is 0 Å². The van der Waals surface area contributed by atoms with E-state index in [2.05, 4.69) is 51.9 Å². The molecule has 0 spiro atoms. The number of hydrogen-bond acceptors (Lipinski definition) is 6. The van der Waals surface area contributed by atoms with Gasteiger partial charge in [0.15, 0.2) is 5.13 Å². The average Bonchev–Trinajstić information content (AvgIpc) is 3.34. The minimum absolute atomic E-state index is 0.223. The second kappa shape index (κ2) is 11.0. The van der Waals surface area contributed by atoms with E-state index in [1.807, 2.05) is 68.4 Å². The number of aliphatic carboxylic acids is 1. The van der Waals surface area contributed by atoms with E-state index in [1.165, 1.54) is 11.3 Å². The maximum absolute atomic E-state index is 11.9. The number of thiazole rings is 1. The molecule has 1 aromatic heterocycles. The number of carbonyl (C=O) groups is 1. The monoisotopic (exact) mass is 485 g/mol. The first-order valence-corrected chi connectivity index (χ1v) is 12.2. The molecule has 1 heterocycles. The zero-order valence-corrected chi connectivity index (χ0v) is 20.4. The number of nitrogens with one attached hydrogen (secondary N) is 1. The molecule has 0 bridgehead atoms. The molecule has 0 saturated heterocycles. The summed E-state index contributed by atoms with van der Waals surface area (Å²) in [6.07, 6.45) is 0. The van der Waals surface area contributed by atoms with Crippen LogP contribution in [0.4, 0.5) is 5.13 Å². The highest BCUT2D eigenvalue weighted by molar-refractivity contribution is 7.14. The van der Waals surface area contributed by atoms with E-state index < -0.39 is 11.5 Å². The van der Waals surface area contributed by atoms with Gasteiger partial charge in [-0.1, -0.05) is 110 Å². The topological polar surface area (TPSA) is 83.8 Å². The van der Waals surface area contributed by atoms with Gasteiger partial charge in [-0.2, -0.15) is 0 Å². The highest BCUT2D eigenvalue weighted by atomic mass is 32.1. The van der Waals surface area contributed by atoms with Gasteiger partial charge in [0.2, 0.25) is 5.71 Å². The molecule has 4 aromatic rings. The molecule has 0 radical (unpaired) electrons. The fourth-order valence-corrected chi connectivity index (χ4v) is 4.58. The summed E-state index contributed by atoms with van der Waals surface area (Å²) in [6, 6.07) is 30.4. The quantitative estimate of drug-likeness (QED) is 0.163. The van der Waals surface area contributed by atoms with Crippen molar-refractivity contribution in [2.24, 2.45) is 11.1 Å². The first-order valence-electron chi connectivity index (χ1n) is 11.3. The van der Waals surface area contributed by atoms with Crippen LogP contribution in [0.3, 0.4) is 0 Å². The molecule has 0 aliphatic rings. The fraction of sp³-hybridized carbons (Fsp3) is 0.179.